The molecule has 29 heavy (non-hydrogen) atoms. The van der Waals surface area contributed by atoms with Gasteiger partial charge in [0, 0.05) is 33.2 Å². The number of ether oxygens (including phenoxy) is 2. The Labute approximate surface area is 189 Å². The van der Waals surface area contributed by atoms with E-state index in [-0.39, 0.29) is 24.0 Å². The maximum absolute atomic E-state index is 5.52. The minimum atomic E-state index is 0. The largest absolute Gasteiger partial charge is 0.497 e. The predicted molar refractivity (Wildman–Crippen MR) is 124 cm³/mol. The molecule has 1 unspecified atom stereocenters. The van der Waals surface area contributed by atoms with Gasteiger partial charge in [-0.15, -0.1) is 34.2 Å². The number of aromatic nitrogens is 3. The number of nitrogens with one attached hydrogen (secondary N) is 1. The third-order valence-electron chi connectivity index (χ3n) is 5.08. The molecule has 1 aliphatic heterocycles. The lowest BCUT2D eigenvalue weighted by Gasteiger charge is -2.25. The van der Waals surface area contributed by atoms with Crippen LogP contribution in [0.25, 0.3) is 0 Å². The van der Waals surface area contributed by atoms with Gasteiger partial charge < -0.3 is 24.3 Å². The summed E-state index contributed by atoms with van der Waals surface area (Å²) >= 11 is 0. The summed E-state index contributed by atoms with van der Waals surface area (Å²) in [4.78, 5) is 7.01. The Morgan fingerprint density at radius 2 is 2.10 bits per heavy atom. The topological polar surface area (TPSA) is 76.8 Å². The van der Waals surface area contributed by atoms with Crippen LogP contribution in [0, 0.1) is 12.8 Å². The second-order valence-corrected chi connectivity index (χ2v) is 7.17. The summed E-state index contributed by atoms with van der Waals surface area (Å²) in [6, 6.07) is 7.99. The Balaban J connectivity index is 0.00000300. The third-order valence-corrected chi connectivity index (χ3v) is 5.08. The Kier molecular flexibility index (Phi) is 9.15. The van der Waals surface area contributed by atoms with E-state index in [4.69, 9.17) is 14.5 Å². The van der Waals surface area contributed by atoms with Crippen LogP contribution in [-0.2, 0) is 24.9 Å². The molecule has 1 N–H and O–H groups in total. The van der Waals surface area contributed by atoms with Crippen molar-refractivity contribution in [3.05, 3.63) is 41.5 Å². The minimum Gasteiger partial charge on any atom is -0.497 e. The van der Waals surface area contributed by atoms with Gasteiger partial charge in [0.05, 0.1) is 26.8 Å². The van der Waals surface area contributed by atoms with Crippen LogP contribution in [0.15, 0.2) is 29.3 Å². The van der Waals surface area contributed by atoms with E-state index < -0.39 is 0 Å². The molecule has 1 fully saturated rings. The van der Waals surface area contributed by atoms with Crippen molar-refractivity contribution >= 4 is 29.9 Å². The van der Waals surface area contributed by atoms with E-state index in [1.807, 2.05) is 42.8 Å². The first-order valence-electron chi connectivity index (χ1n) is 9.62. The second kappa shape index (κ2) is 11.3. The molecule has 1 aromatic heterocycles. The summed E-state index contributed by atoms with van der Waals surface area (Å²) in [7, 11) is 5.71. The van der Waals surface area contributed by atoms with Crippen LogP contribution in [0.5, 0.6) is 5.75 Å². The Hall–Kier alpha value is -1.88. The monoisotopic (exact) mass is 514 g/mol. The molecule has 0 bridgehead atoms. The SMILES string of the molecule is COc1ccc(CN=C(NCc2nnc(C)n2C)N(C)CC2CCOC2)cc1.I. The fourth-order valence-corrected chi connectivity index (χ4v) is 3.17. The van der Waals surface area contributed by atoms with Crippen LogP contribution in [0.3, 0.4) is 0 Å². The molecular weight excluding hydrogens is 483 g/mol. The summed E-state index contributed by atoms with van der Waals surface area (Å²) in [5.74, 6) is 4.01. The maximum Gasteiger partial charge on any atom is 0.194 e. The zero-order valence-corrected chi connectivity index (χ0v) is 19.9. The normalized spacial score (nSPS) is 16.4. The van der Waals surface area contributed by atoms with Gasteiger partial charge in [-0.1, -0.05) is 12.1 Å². The first-order valence-corrected chi connectivity index (χ1v) is 9.62. The van der Waals surface area contributed by atoms with Crippen LogP contribution in [-0.4, -0.2) is 59.5 Å². The van der Waals surface area contributed by atoms with E-state index >= 15 is 0 Å². The standard InChI is InChI=1S/C20H30N6O2.HI/c1-15-23-24-19(26(15)3)12-22-20(25(2)13-17-9-10-28-14-17)21-11-16-5-7-18(27-4)8-6-16;/h5-8,17H,9-14H2,1-4H3,(H,21,22);1H. The zero-order chi connectivity index (χ0) is 19.9. The number of nitrogens with zero attached hydrogens (tertiary/aromatic N) is 5. The molecule has 0 aliphatic carbocycles. The quantitative estimate of drug-likeness (QED) is 0.348. The van der Waals surface area contributed by atoms with E-state index in [2.05, 4.69) is 27.5 Å². The molecule has 8 nitrogen and oxygen atoms in total. The van der Waals surface area contributed by atoms with Crippen molar-refractivity contribution in [3.63, 3.8) is 0 Å². The summed E-state index contributed by atoms with van der Waals surface area (Å²) < 4.78 is 12.7. The predicted octanol–water partition coefficient (Wildman–Crippen LogP) is 2.36. The molecule has 9 heteroatoms. The van der Waals surface area contributed by atoms with Crippen molar-refractivity contribution in [1.29, 1.82) is 0 Å². The van der Waals surface area contributed by atoms with Gasteiger partial charge in [0.15, 0.2) is 11.8 Å². The van der Waals surface area contributed by atoms with Crippen LogP contribution < -0.4 is 10.1 Å². The number of hydrogen-bond donors (Lipinski definition) is 1. The summed E-state index contributed by atoms with van der Waals surface area (Å²) in [6.07, 6.45) is 1.10. The third kappa shape index (κ3) is 6.56. The van der Waals surface area contributed by atoms with Crippen molar-refractivity contribution in [1.82, 2.24) is 25.0 Å². The molecule has 0 radical (unpaired) electrons. The van der Waals surface area contributed by atoms with Crippen molar-refractivity contribution < 1.29 is 9.47 Å². The highest BCUT2D eigenvalue weighted by Crippen LogP contribution is 2.14. The Morgan fingerprint density at radius 1 is 1.34 bits per heavy atom. The lowest BCUT2D eigenvalue weighted by Crippen LogP contribution is -2.41. The van der Waals surface area contributed by atoms with E-state index in [1.165, 1.54) is 0 Å². The number of halogens is 1. The Bertz CT molecular complexity index is 787. The number of benzene rings is 1. The van der Waals surface area contributed by atoms with E-state index in [0.29, 0.717) is 19.0 Å². The lowest BCUT2D eigenvalue weighted by molar-refractivity contribution is 0.181. The second-order valence-electron chi connectivity index (χ2n) is 7.17. The van der Waals surface area contributed by atoms with Gasteiger partial charge in [-0.2, -0.15) is 0 Å². The zero-order valence-electron chi connectivity index (χ0n) is 17.6. The van der Waals surface area contributed by atoms with Crippen LogP contribution in [0.1, 0.15) is 23.6 Å². The molecule has 2 heterocycles. The molecule has 2 aromatic rings. The minimum absolute atomic E-state index is 0. The van der Waals surface area contributed by atoms with Gasteiger partial charge in [-0.3, -0.25) is 0 Å². The van der Waals surface area contributed by atoms with Crippen molar-refractivity contribution in [2.24, 2.45) is 18.0 Å². The van der Waals surface area contributed by atoms with E-state index in [9.17, 15) is 0 Å². The van der Waals surface area contributed by atoms with Crippen LogP contribution >= 0.6 is 24.0 Å². The number of hydrogen-bond acceptors (Lipinski definition) is 5. The number of aryl methyl sites for hydroxylation is 1. The van der Waals surface area contributed by atoms with Gasteiger partial charge in [0.25, 0.3) is 0 Å². The Morgan fingerprint density at radius 3 is 2.69 bits per heavy atom. The molecular formula is C20H31IN6O2. The molecule has 0 spiro atoms. The smallest absolute Gasteiger partial charge is 0.194 e. The fraction of sp³-hybridized carbons (Fsp3) is 0.550. The van der Waals surface area contributed by atoms with Crippen molar-refractivity contribution in [3.8, 4) is 5.75 Å². The summed E-state index contributed by atoms with van der Waals surface area (Å²) in [5, 5.41) is 11.8. The van der Waals surface area contributed by atoms with E-state index in [0.717, 1.165) is 55.1 Å². The number of aliphatic imine (C=N–C) groups is 1. The van der Waals surface area contributed by atoms with Crippen molar-refractivity contribution in [2.75, 3.05) is 33.9 Å². The number of rotatable bonds is 7. The molecule has 0 saturated carbocycles. The molecule has 1 aliphatic rings. The van der Waals surface area contributed by atoms with Gasteiger partial charge in [0.1, 0.15) is 11.6 Å². The first kappa shape index (κ1) is 23.4. The van der Waals surface area contributed by atoms with Gasteiger partial charge >= 0.3 is 0 Å². The molecule has 1 aromatic carbocycles. The number of methoxy groups -OCH3 is 1. The molecule has 0 amide bonds. The van der Waals surface area contributed by atoms with Crippen molar-refractivity contribution in [2.45, 2.75) is 26.4 Å². The highest BCUT2D eigenvalue weighted by molar-refractivity contribution is 14.0. The molecule has 160 valence electrons. The summed E-state index contributed by atoms with van der Waals surface area (Å²) in [6.45, 7) is 5.69. The highest BCUT2D eigenvalue weighted by atomic mass is 127. The highest BCUT2D eigenvalue weighted by Gasteiger charge is 2.19. The average Bonchev–Trinajstić information content (AvgIpc) is 3.33. The molecule has 1 atom stereocenters. The van der Waals surface area contributed by atoms with Crippen LogP contribution in [0.2, 0.25) is 0 Å². The van der Waals surface area contributed by atoms with Gasteiger partial charge in [0.2, 0.25) is 0 Å². The average molecular weight is 514 g/mol. The van der Waals surface area contributed by atoms with Crippen LogP contribution in [0.4, 0.5) is 0 Å². The number of guanidine groups is 1. The van der Waals surface area contributed by atoms with E-state index in [1.54, 1.807) is 7.11 Å². The lowest BCUT2D eigenvalue weighted by atomic mass is 10.1. The maximum atomic E-state index is 5.52. The molecule has 1 saturated heterocycles. The molecule has 3 rings (SSSR count). The fourth-order valence-electron chi connectivity index (χ4n) is 3.17. The van der Waals surface area contributed by atoms with Gasteiger partial charge in [-0.25, -0.2) is 4.99 Å². The van der Waals surface area contributed by atoms with Gasteiger partial charge in [-0.05, 0) is 31.0 Å². The summed E-state index contributed by atoms with van der Waals surface area (Å²) in [5.41, 5.74) is 1.13. The first-order chi connectivity index (χ1) is 13.6.